The Morgan fingerprint density at radius 3 is 2.59 bits per heavy atom. The van der Waals surface area contributed by atoms with Gasteiger partial charge in [0.05, 0.1) is 23.8 Å². The second kappa shape index (κ2) is 5.87. The molecule has 0 bridgehead atoms. The zero-order valence-corrected chi connectivity index (χ0v) is 12.6. The molecule has 3 rings (SSSR count). The fraction of sp³-hybridized carbons (Fsp3) is 0.158. The first-order valence-electron chi connectivity index (χ1n) is 7.26. The summed E-state index contributed by atoms with van der Waals surface area (Å²) in [6.07, 6.45) is 1.85. The Kier molecular flexibility index (Phi) is 3.76. The molecule has 2 aromatic carbocycles. The van der Waals surface area contributed by atoms with Gasteiger partial charge in [0.2, 0.25) is 0 Å². The van der Waals surface area contributed by atoms with E-state index < -0.39 is 0 Å². The Balaban J connectivity index is 2.22. The molecule has 0 N–H and O–H groups in total. The van der Waals surface area contributed by atoms with Crippen LogP contribution in [0.2, 0.25) is 0 Å². The molecule has 3 nitrogen and oxygen atoms in total. The van der Waals surface area contributed by atoms with Crippen LogP contribution in [0, 0.1) is 18.3 Å². The minimum atomic E-state index is 0.626. The lowest BCUT2D eigenvalue weighted by atomic mass is 10.00. The lowest BCUT2D eigenvalue weighted by Crippen LogP contribution is -1.97. The largest absolute Gasteiger partial charge is 0.493 e. The predicted octanol–water partition coefficient (Wildman–Crippen LogP) is 4.48. The van der Waals surface area contributed by atoms with Crippen LogP contribution >= 0.6 is 0 Å². The van der Waals surface area contributed by atoms with E-state index in [0.717, 1.165) is 33.3 Å². The van der Waals surface area contributed by atoms with Gasteiger partial charge in [0.15, 0.2) is 0 Å². The highest BCUT2D eigenvalue weighted by Crippen LogP contribution is 2.34. The molecule has 0 radical (unpaired) electrons. The smallest absolute Gasteiger partial charge is 0.133 e. The highest BCUT2D eigenvalue weighted by atomic mass is 16.5. The van der Waals surface area contributed by atoms with E-state index in [-0.39, 0.29) is 0 Å². The topological polar surface area (TPSA) is 45.9 Å². The highest BCUT2D eigenvalue weighted by molar-refractivity contribution is 5.97. The summed E-state index contributed by atoms with van der Waals surface area (Å²) in [5.41, 5.74) is 4.70. The standard InChI is InChI=1S/C19H16N2O/c1-3-22-19-13(2)12-21-18-16(5-4-6-17(18)19)15-9-7-14(11-20)8-10-15/h4-10,12H,3H2,1-2H3. The summed E-state index contributed by atoms with van der Waals surface area (Å²) in [5.74, 6) is 0.892. The number of hydrogen-bond acceptors (Lipinski definition) is 3. The third kappa shape index (κ3) is 2.40. The van der Waals surface area contributed by atoms with Crippen LogP contribution in [0.15, 0.2) is 48.7 Å². The molecule has 1 heterocycles. The minimum Gasteiger partial charge on any atom is -0.493 e. The van der Waals surface area contributed by atoms with E-state index in [4.69, 9.17) is 10.00 Å². The van der Waals surface area contributed by atoms with Crippen LogP contribution in [0.3, 0.4) is 0 Å². The third-order valence-corrected chi connectivity index (χ3v) is 3.64. The van der Waals surface area contributed by atoms with Crippen LogP contribution in [0.25, 0.3) is 22.0 Å². The van der Waals surface area contributed by atoms with Gasteiger partial charge in [-0.05, 0) is 37.6 Å². The first-order valence-corrected chi connectivity index (χ1v) is 7.26. The molecule has 0 aliphatic carbocycles. The first-order chi connectivity index (χ1) is 10.7. The summed E-state index contributed by atoms with van der Waals surface area (Å²) in [7, 11) is 0. The summed E-state index contributed by atoms with van der Waals surface area (Å²) >= 11 is 0. The van der Waals surface area contributed by atoms with E-state index in [1.165, 1.54) is 0 Å². The van der Waals surface area contributed by atoms with E-state index in [9.17, 15) is 0 Å². The molecule has 22 heavy (non-hydrogen) atoms. The summed E-state index contributed by atoms with van der Waals surface area (Å²) in [6.45, 7) is 4.61. The van der Waals surface area contributed by atoms with E-state index in [1.807, 2.05) is 62.5 Å². The van der Waals surface area contributed by atoms with Crippen molar-refractivity contribution in [2.75, 3.05) is 6.61 Å². The van der Waals surface area contributed by atoms with Crippen molar-refractivity contribution in [3.63, 3.8) is 0 Å². The maximum Gasteiger partial charge on any atom is 0.133 e. The van der Waals surface area contributed by atoms with Crippen molar-refractivity contribution in [2.45, 2.75) is 13.8 Å². The highest BCUT2D eigenvalue weighted by Gasteiger charge is 2.11. The van der Waals surface area contributed by atoms with E-state index in [2.05, 4.69) is 11.1 Å². The number of aryl methyl sites for hydroxylation is 1. The molecule has 0 unspecified atom stereocenters. The molecular formula is C19H16N2O. The van der Waals surface area contributed by atoms with Crippen molar-refractivity contribution in [1.82, 2.24) is 4.98 Å². The molecule has 0 spiro atoms. The predicted molar refractivity (Wildman–Crippen MR) is 87.8 cm³/mol. The van der Waals surface area contributed by atoms with Gasteiger partial charge in [-0.25, -0.2) is 0 Å². The molecule has 0 aliphatic heterocycles. The lowest BCUT2D eigenvalue weighted by molar-refractivity contribution is 0.342. The summed E-state index contributed by atoms with van der Waals surface area (Å²) < 4.78 is 5.79. The molecule has 0 atom stereocenters. The van der Waals surface area contributed by atoms with Crippen LogP contribution in [-0.4, -0.2) is 11.6 Å². The van der Waals surface area contributed by atoms with Gasteiger partial charge in [-0.2, -0.15) is 5.26 Å². The number of ether oxygens (including phenoxy) is 1. The minimum absolute atomic E-state index is 0.626. The molecule has 3 aromatic rings. The number of hydrogen-bond donors (Lipinski definition) is 0. The van der Waals surface area contributed by atoms with Crippen molar-refractivity contribution in [1.29, 1.82) is 5.26 Å². The number of benzene rings is 2. The third-order valence-electron chi connectivity index (χ3n) is 3.64. The van der Waals surface area contributed by atoms with Crippen LogP contribution in [0.5, 0.6) is 5.75 Å². The van der Waals surface area contributed by atoms with Crippen LogP contribution in [0.1, 0.15) is 18.1 Å². The van der Waals surface area contributed by atoms with Gasteiger partial charge in [-0.1, -0.05) is 24.3 Å². The monoisotopic (exact) mass is 288 g/mol. The Labute approximate surface area is 129 Å². The molecule has 0 fully saturated rings. The number of para-hydroxylation sites is 1. The quantitative estimate of drug-likeness (QED) is 0.713. The van der Waals surface area contributed by atoms with Crippen molar-refractivity contribution in [2.24, 2.45) is 0 Å². The number of aromatic nitrogens is 1. The normalized spacial score (nSPS) is 10.4. The summed E-state index contributed by atoms with van der Waals surface area (Å²) in [5, 5.41) is 9.94. The second-order valence-electron chi connectivity index (χ2n) is 5.09. The van der Waals surface area contributed by atoms with E-state index >= 15 is 0 Å². The molecule has 0 aliphatic rings. The number of pyridine rings is 1. The molecule has 108 valence electrons. The maximum atomic E-state index is 8.92. The van der Waals surface area contributed by atoms with Gasteiger partial charge >= 0.3 is 0 Å². The molecular weight excluding hydrogens is 272 g/mol. The van der Waals surface area contributed by atoms with Crippen LogP contribution < -0.4 is 4.74 Å². The molecule has 0 amide bonds. The molecule has 1 aromatic heterocycles. The van der Waals surface area contributed by atoms with E-state index in [1.54, 1.807) is 0 Å². The fourth-order valence-corrected chi connectivity index (χ4v) is 2.59. The van der Waals surface area contributed by atoms with Crippen LogP contribution in [-0.2, 0) is 0 Å². The SMILES string of the molecule is CCOc1c(C)cnc2c(-c3ccc(C#N)cc3)cccc12. The van der Waals surface area contributed by atoms with Gasteiger partial charge in [0.1, 0.15) is 5.75 Å². The maximum absolute atomic E-state index is 8.92. The van der Waals surface area contributed by atoms with Gasteiger partial charge in [0.25, 0.3) is 0 Å². The molecule has 0 saturated carbocycles. The van der Waals surface area contributed by atoms with Gasteiger partial charge in [-0.3, -0.25) is 4.98 Å². The average molecular weight is 288 g/mol. The van der Waals surface area contributed by atoms with E-state index in [0.29, 0.717) is 12.2 Å². The Morgan fingerprint density at radius 2 is 1.91 bits per heavy atom. The first kappa shape index (κ1) is 14.1. The Morgan fingerprint density at radius 1 is 1.14 bits per heavy atom. The number of fused-ring (bicyclic) bond motifs is 1. The Bertz CT molecular complexity index is 861. The second-order valence-corrected chi connectivity index (χ2v) is 5.09. The Hall–Kier alpha value is -2.86. The van der Waals surface area contributed by atoms with Gasteiger partial charge in [0, 0.05) is 22.7 Å². The summed E-state index contributed by atoms with van der Waals surface area (Å²) in [4.78, 5) is 4.60. The van der Waals surface area contributed by atoms with Crippen molar-refractivity contribution in [3.8, 4) is 22.9 Å². The fourth-order valence-electron chi connectivity index (χ4n) is 2.59. The van der Waals surface area contributed by atoms with Gasteiger partial charge in [-0.15, -0.1) is 0 Å². The number of nitrogens with zero attached hydrogens (tertiary/aromatic N) is 2. The molecule has 0 saturated heterocycles. The summed E-state index contributed by atoms with van der Waals surface area (Å²) in [6, 6.07) is 15.8. The zero-order valence-electron chi connectivity index (χ0n) is 12.6. The van der Waals surface area contributed by atoms with Crippen molar-refractivity contribution >= 4 is 10.9 Å². The average Bonchev–Trinajstić information content (AvgIpc) is 2.57. The van der Waals surface area contributed by atoms with Gasteiger partial charge < -0.3 is 4.74 Å². The number of rotatable bonds is 3. The van der Waals surface area contributed by atoms with Crippen molar-refractivity contribution < 1.29 is 4.74 Å². The van der Waals surface area contributed by atoms with Crippen LogP contribution in [0.4, 0.5) is 0 Å². The zero-order chi connectivity index (χ0) is 15.5. The molecule has 3 heteroatoms. The number of nitriles is 1. The lowest BCUT2D eigenvalue weighted by Gasteiger charge is -2.12. The van der Waals surface area contributed by atoms with Crippen molar-refractivity contribution in [3.05, 3.63) is 59.8 Å².